The molecule has 0 spiro atoms. The summed E-state index contributed by atoms with van der Waals surface area (Å²) in [5, 5.41) is 7.29. The first-order valence-electron chi connectivity index (χ1n) is 13.6. The van der Waals surface area contributed by atoms with Crippen LogP contribution in [0, 0.1) is 6.92 Å². The Morgan fingerprint density at radius 2 is 1.80 bits per heavy atom. The van der Waals surface area contributed by atoms with Gasteiger partial charge in [0.2, 0.25) is 5.91 Å². The molecule has 0 saturated carbocycles. The summed E-state index contributed by atoms with van der Waals surface area (Å²) in [4.78, 5) is 35.4. The molecule has 1 aromatic heterocycles. The van der Waals surface area contributed by atoms with Gasteiger partial charge in [0.15, 0.2) is 11.0 Å². The zero-order chi connectivity index (χ0) is 32.1. The summed E-state index contributed by atoms with van der Waals surface area (Å²) < 4.78 is 48.3. The fourth-order valence-corrected chi connectivity index (χ4v) is 5.06. The molecule has 232 valence electrons. The van der Waals surface area contributed by atoms with Gasteiger partial charge >= 0.3 is 12.4 Å². The van der Waals surface area contributed by atoms with Crippen molar-refractivity contribution in [3.8, 4) is 17.2 Å². The number of thioether (sulfide) groups is 1. The number of benzene rings is 3. The Hall–Kier alpha value is -5.11. The van der Waals surface area contributed by atoms with E-state index in [-0.39, 0.29) is 28.7 Å². The minimum Gasteiger partial charge on any atom is -0.489 e. The Labute approximate surface area is 260 Å². The fraction of sp³-hybridized carbons (Fsp3) is 0.194. The third kappa shape index (κ3) is 8.29. The van der Waals surface area contributed by atoms with Crippen LogP contribution in [0.1, 0.15) is 30.8 Å². The van der Waals surface area contributed by atoms with Gasteiger partial charge in [0, 0.05) is 5.69 Å². The minimum absolute atomic E-state index is 0.108. The van der Waals surface area contributed by atoms with Crippen molar-refractivity contribution in [1.29, 1.82) is 0 Å². The number of anilines is 2. The first-order valence-corrected chi connectivity index (χ1v) is 14.6. The lowest BCUT2D eigenvalue weighted by Crippen LogP contribution is -2.31. The normalized spacial score (nSPS) is 14.5. The van der Waals surface area contributed by atoms with Gasteiger partial charge in [-0.25, -0.2) is 14.5 Å². The first kappa shape index (κ1) is 31.3. The second-order valence-corrected chi connectivity index (χ2v) is 11.0. The third-order valence-electron chi connectivity index (χ3n) is 6.11. The number of amides is 3. The van der Waals surface area contributed by atoms with Crippen molar-refractivity contribution in [1.82, 2.24) is 14.8 Å². The first-order chi connectivity index (χ1) is 21.4. The number of aliphatic imine (C=N–C) groups is 1. The number of aryl methyl sites for hydroxylation is 1. The van der Waals surface area contributed by atoms with Crippen molar-refractivity contribution in [2.75, 3.05) is 16.0 Å². The number of ether oxygens (including phenoxy) is 2. The van der Waals surface area contributed by atoms with Crippen molar-refractivity contribution in [3.05, 3.63) is 90.0 Å². The zero-order valence-electron chi connectivity index (χ0n) is 24.3. The lowest BCUT2D eigenvalue weighted by molar-refractivity contribution is -0.274. The van der Waals surface area contributed by atoms with Crippen LogP contribution in [0.5, 0.6) is 11.5 Å². The van der Waals surface area contributed by atoms with Crippen LogP contribution < -0.4 is 19.7 Å². The van der Waals surface area contributed by atoms with Crippen molar-refractivity contribution >= 4 is 52.4 Å². The summed E-state index contributed by atoms with van der Waals surface area (Å²) in [5.74, 6) is 0.524. The number of amidine groups is 1. The van der Waals surface area contributed by atoms with E-state index >= 15 is 0 Å². The van der Waals surface area contributed by atoms with Gasteiger partial charge in [0.05, 0.1) is 23.2 Å². The number of nitrogens with one attached hydrogen (secondary N) is 1. The van der Waals surface area contributed by atoms with E-state index in [1.54, 1.807) is 42.5 Å². The van der Waals surface area contributed by atoms with Crippen LogP contribution in [-0.4, -0.2) is 50.1 Å². The maximum atomic E-state index is 12.8. The topological polar surface area (TPSA) is 111 Å². The Morgan fingerprint density at radius 1 is 1.07 bits per heavy atom. The lowest BCUT2D eigenvalue weighted by Gasteiger charge is -2.21. The van der Waals surface area contributed by atoms with Crippen molar-refractivity contribution < 1.29 is 32.2 Å². The number of rotatable bonds is 8. The van der Waals surface area contributed by atoms with Gasteiger partial charge in [0.1, 0.15) is 17.8 Å². The van der Waals surface area contributed by atoms with Gasteiger partial charge in [-0.05, 0) is 86.5 Å². The number of urea groups is 1. The summed E-state index contributed by atoms with van der Waals surface area (Å²) in [7, 11) is 0. The Morgan fingerprint density at radius 3 is 2.49 bits per heavy atom. The molecule has 0 bridgehead atoms. The quantitative estimate of drug-likeness (QED) is 0.220. The largest absolute Gasteiger partial charge is 0.573 e. The Balaban J connectivity index is 1.22. The zero-order valence-corrected chi connectivity index (χ0v) is 25.1. The second kappa shape index (κ2) is 13.3. The maximum Gasteiger partial charge on any atom is 0.573 e. The number of nitrogens with zero attached hydrogens (tertiary/aromatic N) is 5. The molecule has 2 heterocycles. The van der Waals surface area contributed by atoms with Crippen LogP contribution in [0.2, 0.25) is 0 Å². The van der Waals surface area contributed by atoms with E-state index in [0.29, 0.717) is 28.6 Å². The van der Waals surface area contributed by atoms with Crippen molar-refractivity contribution in [2.24, 2.45) is 4.99 Å². The van der Waals surface area contributed by atoms with Crippen molar-refractivity contribution in [3.63, 3.8) is 0 Å². The predicted octanol–water partition coefficient (Wildman–Crippen LogP) is 7.10. The number of carbonyl (C=O) groups is 2. The Bertz CT molecular complexity index is 1750. The molecule has 45 heavy (non-hydrogen) atoms. The second-order valence-electron chi connectivity index (χ2n) is 10.0. The van der Waals surface area contributed by atoms with Crippen LogP contribution in [0.15, 0.2) is 78.0 Å². The molecule has 14 heteroatoms. The molecule has 3 amide bonds. The van der Waals surface area contributed by atoms with E-state index in [0.717, 1.165) is 11.1 Å². The highest BCUT2D eigenvalue weighted by Gasteiger charge is 2.33. The molecular weight excluding hydrogens is 609 g/mol. The molecule has 0 unspecified atom stereocenters. The molecule has 10 nitrogen and oxygen atoms in total. The Kier molecular flexibility index (Phi) is 9.23. The van der Waals surface area contributed by atoms with E-state index in [1.807, 2.05) is 32.9 Å². The minimum atomic E-state index is -4.77. The van der Waals surface area contributed by atoms with Crippen LogP contribution in [0.25, 0.3) is 17.8 Å². The third-order valence-corrected chi connectivity index (χ3v) is 7.04. The molecule has 5 rings (SSSR count). The smallest absolute Gasteiger partial charge is 0.489 e. The number of aromatic nitrogens is 3. The van der Waals surface area contributed by atoms with Crippen LogP contribution in [-0.2, 0) is 4.79 Å². The maximum absolute atomic E-state index is 12.8. The highest BCUT2D eigenvalue weighted by molar-refractivity contribution is 8.15. The standard InChI is InChI=1S/C31H27F3N6O4S/c1-19(2)43-26-14-4-20(3)16-25(26)40-28(41)17-45-30(40)37-29(42)36-22-8-5-21(6-9-22)7-15-27-35-18-39(38-27)23-10-12-24(13-11-23)44-31(32,33)34/h4-16,18-19H,17H2,1-3H3,(H,36,42)/b15-7+,37-30-. The number of carbonyl (C=O) groups excluding carboxylic acids is 2. The molecular formula is C31H27F3N6O4S. The van der Waals surface area contributed by atoms with Crippen LogP contribution >= 0.6 is 11.8 Å². The van der Waals surface area contributed by atoms with E-state index in [1.165, 1.54) is 51.9 Å². The van der Waals surface area contributed by atoms with Gasteiger partial charge in [-0.1, -0.05) is 36.0 Å². The number of hydrogen-bond acceptors (Lipinski definition) is 7. The predicted molar refractivity (Wildman–Crippen MR) is 167 cm³/mol. The van der Waals surface area contributed by atoms with E-state index in [2.05, 4.69) is 25.1 Å². The highest BCUT2D eigenvalue weighted by Crippen LogP contribution is 2.36. The molecule has 0 atom stereocenters. The molecule has 4 aromatic rings. The van der Waals surface area contributed by atoms with Gasteiger partial charge in [-0.2, -0.15) is 4.99 Å². The van der Waals surface area contributed by atoms with Crippen LogP contribution in [0.3, 0.4) is 0 Å². The van der Waals surface area contributed by atoms with Gasteiger partial charge < -0.3 is 14.8 Å². The van der Waals surface area contributed by atoms with E-state index in [9.17, 15) is 22.8 Å². The molecule has 1 aliphatic heterocycles. The summed E-state index contributed by atoms with van der Waals surface area (Å²) in [6.07, 6.45) is 0.00137. The lowest BCUT2D eigenvalue weighted by atomic mass is 10.2. The van der Waals surface area contributed by atoms with E-state index in [4.69, 9.17) is 4.74 Å². The SMILES string of the molecule is Cc1ccc(OC(C)C)c(N2C(=O)CS/C2=N\C(=O)Nc2ccc(/C=C/c3ncn(-c4ccc(OC(F)(F)F)cc4)n3)cc2)c1. The monoisotopic (exact) mass is 636 g/mol. The number of hydrogen-bond donors (Lipinski definition) is 1. The van der Waals surface area contributed by atoms with Crippen molar-refractivity contribution in [2.45, 2.75) is 33.2 Å². The molecule has 1 N–H and O–H groups in total. The average Bonchev–Trinajstić information content (AvgIpc) is 3.59. The molecule has 0 radical (unpaired) electrons. The molecule has 1 saturated heterocycles. The molecule has 0 aliphatic carbocycles. The fourth-order valence-electron chi connectivity index (χ4n) is 4.20. The molecule has 1 fully saturated rings. The summed E-state index contributed by atoms with van der Waals surface area (Å²) in [6.45, 7) is 5.69. The molecule has 1 aliphatic rings. The highest BCUT2D eigenvalue weighted by atomic mass is 32.2. The number of halogens is 3. The average molecular weight is 637 g/mol. The van der Waals surface area contributed by atoms with Crippen LogP contribution in [0.4, 0.5) is 29.3 Å². The summed E-state index contributed by atoms with van der Waals surface area (Å²) >= 11 is 1.18. The summed E-state index contributed by atoms with van der Waals surface area (Å²) in [6, 6.07) is 17.1. The van der Waals surface area contributed by atoms with Gasteiger partial charge in [-0.3, -0.25) is 9.69 Å². The van der Waals surface area contributed by atoms with Gasteiger partial charge in [0.25, 0.3) is 0 Å². The number of alkyl halides is 3. The molecule has 3 aromatic carbocycles. The summed E-state index contributed by atoms with van der Waals surface area (Å²) in [5.41, 5.74) is 3.27. The van der Waals surface area contributed by atoms with E-state index < -0.39 is 12.4 Å². The van der Waals surface area contributed by atoms with Gasteiger partial charge in [-0.15, -0.1) is 18.3 Å².